The number of para-hydroxylation sites is 1. The van der Waals surface area contributed by atoms with E-state index >= 15 is 0 Å². The summed E-state index contributed by atoms with van der Waals surface area (Å²) in [5, 5.41) is 4.33. The fourth-order valence-corrected chi connectivity index (χ4v) is 3.27. The van der Waals surface area contributed by atoms with E-state index in [0.29, 0.717) is 12.0 Å². The average molecular weight is 336 g/mol. The topological polar surface area (TPSA) is 70.4 Å². The lowest BCUT2D eigenvalue weighted by Crippen LogP contribution is -2.11. The van der Waals surface area contributed by atoms with Crippen LogP contribution in [0.5, 0.6) is 0 Å². The van der Waals surface area contributed by atoms with Crippen molar-refractivity contribution in [2.75, 3.05) is 20.4 Å². The van der Waals surface area contributed by atoms with Crippen LogP contribution in [-0.4, -0.2) is 35.9 Å². The molecule has 1 aromatic heterocycles. The zero-order valence-electron chi connectivity index (χ0n) is 13.6. The van der Waals surface area contributed by atoms with Gasteiger partial charge < -0.3 is 9.05 Å². The predicted octanol–water partition coefficient (Wildman–Crippen LogP) is 3.49. The third-order valence-corrected chi connectivity index (χ3v) is 5.34. The quantitative estimate of drug-likeness (QED) is 0.545. The number of aromatic nitrogens is 2. The number of hydrogen-bond donors (Lipinski definition) is 0. The summed E-state index contributed by atoms with van der Waals surface area (Å²) in [5.74, 6) is -0.289. The van der Waals surface area contributed by atoms with Gasteiger partial charge in [-0.2, -0.15) is 5.10 Å². The van der Waals surface area contributed by atoms with E-state index in [-0.39, 0.29) is 11.9 Å². The summed E-state index contributed by atoms with van der Waals surface area (Å²) in [6.45, 7) is 2.03. The lowest BCUT2D eigenvalue weighted by atomic mass is 10.1. The van der Waals surface area contributed by atoms with Crippen LogP contribution in [0, 0.1) is 0 Å². The SMILES string of the molecule is CCCc1c(C(=O)CP(=O)(OC)OC)cnn1-c1ccccc1. The molecule has 0 radical (unpaired) electrons. The molecule has 124 valence electrons. The van der Waals surface area contributed by atoms with E-state index in [4.69, 9.17) is 9.05 Å². The summed E-state index contributed by atoms with van der Waals surface area (Å²) in [6, 6.07) is 9.60. The molecule has 7 heteroatoms. The molecule has 1 aromatic carbocycles. The summed E-state index contributed by atoms with van der Waals surface area (Å²) in [6.07, 6.45) is 2.79. The first-order valence-corrected chi connectivity index (χ1v) is 9.13. The molecule has 0 saturated heterocycles. The molecule has 0 bridgehead atoms. The maximum atomic E-state index is 12.5. The molecule has 0 saturated carbocycles. The number of nitrogens with zero attached hydrogens (tertiary/aromatic N) is 2. The van der Waals surface area contributed by atoms with Gasteiger partial charge in [-0.15, -0.1) is 0 Å². The minimum Gasteiger partial charge on any atom is -0.312 e. The number of benzene rings is 1. The Bertz CT molecular complexity index is 704. The van der Waals surface area contributed by atoms with Crippen molar-refractivity contribution >= 4 is 13.4 Å². The van der Waals surface area contributed by atoms with E-state index in [1.807, 2.05) is 37.3 Å². The normalized spacial score (nSPS) is 11.6. The summed E-state index contributed by atoms with van der Waals surface area (Å²) in [7, 11) is -0.839. The van der Waals surface area contributed by atoms with Crippen LogP contribution in [0.15, 0.2) is 36.5 Å². The highest BCUT2D eigenvalue weighted by atomic mass is 31.2. The van der Waals surface area contributed by atoms with Gasteiger partial charge in [0.1, 0.15) is 6.16 Å². The molecule has 0 N–H and O–H groups in total. The van der Waals surface area contributed by atoms with Crippen LogP contribution in [0.3, 0.4) is 0 Å². The van der Waals surface area contributed by atoms with E-state index in [0.717, 1.165) is 17.8 Å². The Balaban J connectivity index is 2.38. The average Bonchev–Trinajstić information content (AvgIpc) is 2.99. The fourth-order valence-electron chi connectivity index (χ4n) is 2.34. The largest absolute Gasteiger partial charge is 0.337 e. The molecule has 0 spiro atoms. The van der Waals surface area contributed by atoms with Gasteiger partial charge >= 0.3 is 7.60 Å². The van der Waals surface area contributed by atoms with Gasteiger partial charge in [0, 0.05) is 14.2 Å². The van der Waals surface area contributed by atoms with Gasteiger partial charge in [0.25, 0.3) is 0 Å². The molecule has 0 unspecified atom stereocenters. The lowest BCUT2D eigenvalue weighted by Gasteiger charge is -2.13. The van der Waals surface area contributed by atoms with Gasteiger partial charge in [0.2, 0.25) is 0 Å². The summed E-state index contributed by atoms with van der Waals surface area (Å²) >= 11 is 0. The second-order valence-corrected chi connectivity index (χ2v) is 7.33. The number of carbonyl (C=O) groups is 1. The highest BCUT2D eigenvalue weighted by Crippen LogP contribution is 2.46. The monoisotopic (exact) mass is 336 g/mol. The van der Waals surface area contributed by atoms with Crippen LogP contribution in [0.2, 0.25) is 0 Å². The molecular weight excluding hydrogens is 315 g/mol. The molecule has 0 aliphatic carbocycles. The molecule has 23 heavy (non-hydrogen) atoms. The van der Waals surface area contributed by atoms with E-state index in [2.05, 4.69) is 5.10 Å². The van der Waals surface area contributed by atoms with Crippen molar-refractivity contribution in [2.24, 2.45) is 0 Å². The highest BCUT2D eigenvalue weighted by molar-refractivity contribution is 7.54. The van der Waals surface area contributed by atoms with Crippen LogP contribution in [0.4, 0.5) is 0 Å². The molecule has 0 atom stereocenters. The van der Waals surface area contributed by atoms with E-state index in [1.165, 1.54) is 20.4 Å². The zero-order chi connectivity index (χ0) is 16.9. The first-order chi connectivity index (χ1) is 11.0. The molecule has 0 amide bonds. The predicted molar refractivity (Wildman–Crippen MR) is 88.4 cm³/mol. The fraction of sp³-hybridized carbons (Fsp3) is 0.375. The number of ketones is 1. The third kappa shape index (κ3) is 3.96. The van der Waals surface area contributed by atoms with Crippen molar-refractivity contribution in [2.45, 2.75) is 19.8 Å². The minimum atomic E-state index is -3.39. The Morgan fingerprint density at radius 1 is 1.22 bits per heavy atom. The summed E-state index contributed by atoms with van der Waals surface area (Å²) in [5.41, 5.74) is 2.16. The van der Waals surface area contributed by atoms with Crippen molar-refractivity contribution in [1.29, 1.82) is 0 Å². The molecule has 1 heterocycles. The number of Topliss-reactive ketones (excluding diaryl/α,β-unsaturated/α-hetero) is 1. The summed E-state index contributed by atoms with van der Waals surface area (Å²) in [4.78, 5) is 12.5. The van der Waals surface area contributed by atoms with Crippen molar-refractivity contribution < 1.29 is 18.4 Å². The molecule has 2 rings (SSSR count). The molecular formula is C16H21N2O4P. The van der Waals surface area contributed by atoms with Crippen molar-refractivity contribution in [1.82, 2.24) is 9.78 Å². The van der Waals surface area contributed by atoms with Gasteiger partial charge in [-0.25, -0.2) is 4.68 Å². The minimum absolute atomic E-state index is 0.289. The number of rotatable bonds is 8. The smallest absolute Gasteiger partial charge is 0.312 e. The molecule has 0 aliphatic rings. The van der Waals surface area contributed by atoms with Gasteiger partial charge in [-0.3, -0.25) is 9.36 Å². The Morgan fingerprint density at radius 2 is 1.87 bits per heavy atom. The number of carbonyl (C=O) groups excluding carboxylic acids is 1. The molecule has 6 nitrogen and oxygen atoms in total. The molecule has 2 aromatic rings. The van der Waals surface area contributed by atoms with Crippen LogP contribution >= 0.6 is 7.60 Å². The van der Waals surface area contributed by atoms with Gasteiger partial charge in [0.15, 0.2) is 5.78 Å². The van der Waals surface area contributed by atoms with E-state index in [9.17, 15) is 9.36 Å². The second-order valence-electron chi connectivity index (χ2n) is 5.06. The Kier molecular flexibility index (Phi) is 5.88. The van der Waals surface area contributed by atoms with E-state index < -0.39 is 7.60 Å². The van der Waals surface area contributed by atoms with Crippen molar-refractivity contribution in [3.8, 4) is 5.69 Å². The maximum Gasteiger partial charge on any atom is 0.337 e. The van der Waals surface area contributed by atoms with Crippen molar-refractivity contribution in [3.63, 3.8) is 0 Å². The van der Waals surface area contributed by atoms with Crippen LogP contribution in [-0.2, 0) is 20.0 Å². The first kappa shape index (κ1) is 17.6. The molecule has 0 fully saturated rings. The number of hydrogen-bond acceptors (Lipinski definition) is 5. The van der Waals surface area contributed by atoms with E-state index in [1.54, 1.807) is 4.68 Å². The van der Waals surface area contributed by atoms with Gasteiger partial charge in [-0.05, 0) is 18.6 Å². The standard InChI is InChI=1S/C16H21N2O4P/c1-4-8-15-14(16(19)12-23(20,21-2)22-3)11-17-18(15)13-9-6-5-7-10-13/h5-7,9-11H,4,8,12H2,1-3H3. The van der Waals surface area contributed by atoms with Gasteiger partial charge in [-0.1, -0.05) is 31.5 Å². The van der Waals surface area contributed by atoms with Crippen LogP contribution < -0.4 is 0 Å². The third-order valence-electron chi connectivity index (χ3n) is 3.55. The van der Waals surface area contributed by atoms with Crippen LogP contribution in [0.1, 0.15) is 29.4 Å². The lowest BCUT2D eigenvalue weighted by molar-refractivity contribution is 0.101. The summed E-state index contributed by atoms with van der Waals surface area (Å²) < 4.78 is 23.7. The Hall–Kier alpha value is -1.75. The Labute approximate surface area is 136 Å². The van der Waals surface area contributed by atoms with Crippen LogP contribution in [0.25, 0.3) is 5.69 Å². The van der Waals surface area contributed by atoms with Gasteiger partial charge in [0.05, 0.1) is 23.1 Å². The molecule has 0 aliphatic heterocycles. The first-order valence-electron chi connectivity index (χ1n) is 7.40. The maximum absolute atomic E-state index is 12.5. The van der Waals surface area contributed by atoms with Crippen molar-refractivity contribution in [3.05, 3.63) is 47.8 Å². The second kappa shape index (κ2) is 7.68. The highest BCUT2D eigenvalue weighted by Gasteiger charge is 2.28. The Morgan fingerprint density at radius 3 is 2.43 bits per heavy atom. The zero-order valence-corrected chi connectivity index (χ0v) is 14.5.